The predicted molar refractivity (Wildman–Crippen MR) is 145 cm³/mol. The fraction of sp³-hybridized carbons (Fsp3) is 0.538. The standard InChI is InChI=1S/C26H40O7SSi2/c1-19(2)21-12-13-26-24(22(21)15-17-36(31-6,32-7)33-8)18-23-20(10-9-11-25(23)34(26)27)14-16-35(28-3,29-4)30-5/h9-13,19H,14-18H2,1-8H3. The molecule has 0 amide bonds. The highest BCUT2D eigenvalue weighted by atomic mass is 32.2. The van der Waals surface area contributed by atoms with E-state index < -0.39 is 28.8 Å². The SMILES string of the molecule is CO[Si](CCc1cccc2c1Cc1c(ccc(C(C)C)c1CC[Si](OC)(OC)OC)[S+]2[O-])(OC)OC. The molecule has 10 heteroatoms. The highest BCUT2D eigenvalue weighted by Crippen LogP contribution is 2.41. The van der Waals surface area contributed by atoms with Crippen molar-refractivity contribution in [3.8, 4) is 0 Å². The molecule has 1 heterocycles. The summed E-state index contributed by atoms with van der Waals surface area (Å²) in [4.78, 5) is 1.78. The molecule has 1 atom stereocenters. The van der Waals surface area contributed by atoms with Gasteiger partial charge in [-0.3, -0.25) is 0 Å². The highest BCUT2D eigenvalue weighted by molar-refractivity contribution is 7.91. The van der Waals surface area contributed by atoms with Crippen molar-refractivity contribution in [2.24, 2.45) is 0 Å². The number of fused-ring (bicyclic) bond motifs is 2. The summed E-state index contributed by atoms with van der Waals surface area (Å²) >= 11 is -1.26. The molecule has 0 fully saturated rings. The van der Waals surface area contributed by atoms with Crippen LogP contribution in [0.5, 0.6) is 0 Å². The smallest absolute Gasteiger partial charge is 0.500 e. The molecule has 7 nitrogen and oxygen atoms in total. The number of aryl methyl sites for hydroxylation is 1. The summed E-state index contributed by atoms with van der Waals surface area (Å²) in [5.41, 5.74) is 5.94. The molecule has 1 aliphatic heterocycles. The maximum atomic E-state index is 13.8. The summed E-state index contributed by atoms with van der Waals surface area (Å²) in [5.74, 6) is 0.329. The Kier molecular flexibility index (Phi) is 10.4. The van der Waals surface area contributed by atoms with Crippen LogP contribution in [0.15, 0.2) is 40.1 Å². The van der Waals surface area contributed by atoms with Crippen LogP contribution >= 0.6 is 0 Å². The average molecular weight is 553 g/mol. The predicted octanol–water partition coefficient (Wildman–Crippen LogP) is 4.72. The van der Waals surface area contributed by atoms with Crippen molar-refractivity contribution in [1.82, 2.24) is 0 Å². The fourth-order valence-electron chi connectivity index (χ4n) is 5.09. The van der Waals surface area contributed by atoms with E-state index in [0.29, 0.717) is 18.0 Å². The minimum Gasteiger partial charge on any atom is -0.606 e. The van der Waals surface area contributed by atoms with Crippen molar-refractivity contribution < 1.29 is 31.1 Å². The molecule has 0 radical (unpaired) electrons. The molecular formula is C26H40O7SSi2. The van der Waals surface area contributed by atoms with Crippen molar-refractivity contribution in [2.45, 2.75) is 60.9 Å². The third-order valence-corrected chi connectivity index (χ3v) is 14.3. The third-order valence-electron chi connectivity index (χ3n) is 7.28. The molecule has 200 valence electrons. The molecule has 2 aromatic rings. The van der Waals surface area contributed by atoms with E-state index in [-0.39, 0.29) is 0 Å². The van der Waals surface area contributed by atoms with Crippen molar-refractivity contribution in [1.29, 1.82) is 0 Å². The molecule has 0 saturated carbocycles. The van der Waals surface area contributed by atoms with Gasteiger partial charge in [0.15, 0.2) is 9.79 Å². The van der Waals surface area contributed by atoms with Crippen LogP contribution in [-0.4, -0.2) is 64.8 Å². The van der Waals surface area contributed by atoms with Crippen LogP contribution in [0.2, 0.25) is 12.1 Å². The van der Waals surface area contributed by atoms with Crippen LogP contribution in [0.4, 0.5) is 0 Å². The van der Waals surface area contributed by atoms with E-state index in [1.54, 1.807) is 42.7 Å². The van der Waals surface area contributed by atoms with Crippen LogP contribution in [0, 0.1) is 0 Å². The highest BCUT2D eigenvalue weighted by Gasteiger charge is 2.40. The molecule has 36 heavy (non-hydrogen) atoms. The van der Waals surface area contributed by atoms with Gasteiger partial charge >= 0.3 is 17.6 Å². The normalized spacial score (nSPS) is 15.8. The van der Waals surface area contributed by atoms with E-state index in [1.165, 1.54) is 11.1 Å². The molecule has 0 bridgehead atoms. The molecule has 1 aliphatic rings. The largest absolute Gasteiger partial charge is 0.606 e. The van der Waals surface area contributed by atoms with Crippen molar-refractivity contribution in [2.75, 3.05) is 42.7 Å². The van der Waals surface area contributed by atoms with E-state index >= 15 is 0 Å². The van der Waals surface area contributed by atoms with Gasteiger partial charge < -0.3 is 31.1 Å². The first-order valence-electron chi connectivity index (χ1n) is 12.2. The first-order chi connectivity index (χ1) is 17.2. The zero-order valence-electron chi connectivity index (χ0n) is 22.8. The molecule has 3 rings (SSSR count). The van der Waals surface area contributed by atoms with Gasteiger partial charge in [-0.2, -0.15) is 0 Å². The Morgan fingerprint density at radius 3 is 1.81 bits per heavy atom. The Bertz CT molecular complexity index is 1010. The van der Waals surface area contributed by atoms with Gasteiger partial charge in [-0.05, 0) is 47.6 Å². The summed E-state index contributed by atoms with van der Waals surface area (Å²) in [7, 11) is 4.34. The van der Waals surface area contributed by atoms with E-state index in [9.17, 15) is 4.55 Å². The zero-order chi connectivity index (χ0) is 26.5. The number of hydrogen-bond donors (Lipinski definition) is 0. The van der Waals surface area contributed by atoms with E-state index in [2.05, 4.69) is 26.0 Å². The minimum absolute atomic E-state index is 0.329. The van der Waals surface area contributed by atoms with Crippen molar-refractivity contribution >= 4 is 28.8 Å². The number of rotatable bonds is 13. The van der Waals surface area contributed by atoms with Gasteiger partial charge in [-0.15, -0.1) is 0 Å². The summed E-state index contributed by atoms with van der Waals surface area (Å²) in [6.45, 7) is 4.39. The van der Waals surface area contributed by atoms with Crippen LogP contribution < -0.4 is 0 Å². The van der Waals surface area contributed by atoms with Gasteiger partial charge in [0.2, 0.25) is 0 Å². The van der Waals surface area contributed by atoms with Gasteiger partial charge in [-0.1, -0.05) is 32.0 Å². The van der Waals surface area contributed by atoms with E-state index in [1.807, 2.05) is 18.2 Å². The minimum atomic E-state index is -2.76. The van der Waals surface area contributed by atoms with E-state index in [0.717, 1.165) is 45.7 Å². The van der Waals surface area contributed by atoms with Crippen molar-refractivity contribution in [3.63, 3.8) is 0 Å². The van der Waals surface area contributed by atoms with Crippen molar-refractivity contribution in [3.05, 3.63) is 58.1 Å². The topological polar surface area (TPSA) is 78.4 Å². The monoisotopic (exact) mass is 552 g/mol. The lowest BCUT2D eigenvalue weighted by molar-refractivity contribution is 0.123. The lowest BCUT2D eigenvalue weighted by atomic mass is 9.87. The lowest BCUT2D eigenvalue weighted by Crippen LogP contribution is -2.43. The number of hydrogen-bond acceptors (Lipinski definition) is 7. The second-order valence-electron chi connectivity index (χ2n) is 9.19. The molecule has 0 saturated heterocycles. The first-order valence-corrected chi connectivity index (χ1v) is 17.2. The Morgan fingerprint density at radius 2 is 1.28 bits per heavy atom. The van der Waals surface area contributed by atoms with Crippen LogP contribution in [-0.2, 0) is 57.0 Å². The Hall–Kier alpha value is -1.06. The van der Waals surface area contributed by atoms with E-state index in [4.69, 9.17) is 26.6 Å². The van der Waals surface area contributed by atoms with Crippen LogP contribution in [0.25, 0.3) is 0 Å². The lowest BCUT2D eigenvalue weighted by Gasteiger charge is -2.30. The molecular weight excluding hydrogens is 513 g/mol. The maximum Gasteiger partial charge on any atom is 0.500 e. The van der Waals surface area contributed by atoms with Crippen LogP contribution in [0.1, 0.15) is 47.6 Å². The molecule has 0 N–H and O–H groups in total. The Labute approximate surface area is 221 Å². The summed E-state index contributed by atoms with van der Waals surface area (Å²) in [5, 5.41) is 0. The van der Waals surface area contributed by atoms with Crippen LogP contribution in [0.3, 0.4) is 0 Å². The quantitative estimate of drug-likeness (QED) is 0.263. The second kappa shape index (κ2) is 12.7. The third kappa shape index (κ3) is 5.83. The summed E-state index contributed by atoms with van der Waals surface area (Å²) in [6, 6.07) is 11.6. The van der Waals surface area contributed by atoms with Gasteiger partial charge in [0.1, 0.15) is 0 Å². The van der Waals surface area contributed by atoms with Gasteiger partial charge in [0.25, 0.3) is 0 Å². The molecule has 0 aromatic heterocycles. The molecule has 1 unspecified atom stereocenters. The molecule has 0 spiro atoms. The van der Waals surface area contributed by atoms with Gasteiger partial charge in [0.05, 0.1) is 0 Å². The Balaban J connectivity index is 2.03. The summed E-state index contributed by atoms with van der Waals surface area (Å²) < 4.78 is 47.8. The number of benzene rings is 2. The maximum absolute atomic E-state index is 13.8. The average Bonchev–Trinajstić information content (AvgIpc) is 2.91. The molecule has 0 aliphatic carbocycles. The Morgan fingerprint density at radius 1 is 0.750 bits per heavy atom. The fourth-order valence-corrected chi connectivity index (χ4v) is 9.92. The summed E-state index contributed by atoms with van der Waals surface area (Å²) in [6.07, 6.45) is 2.19. The van der Waals surface area contributed by atoms with Gasteiger partial charge in [0, 0.05) is 83.5 Å². The van der Waals surface area contributed by atoms with Gasteiger partial charge in [-0.25, -0.2) is 0 Å². The first kappa shape index (κ1) is 29.5. The second-order valence-corrected chi connectivity index (χ2v) is 16.8. The molecule has 2 aromatic carbocycles. The zero-order valence-corrected chi connectivity index (χ0v) is 25.6.